The van der Waals surface area contributed by atoms with Crippen LogP contribution in [0.25, 0.3) is 0 Å². The number of ether oxygens (including phenoxy) is 1. The number of aliphatic carboxylic acids is 1. The van der Waals surface area contributed by atoms with E-state index in [2.05, 4.69) is 58.9 Å². The molecular formula is C16H36O7Si4. The van der Waals surface area contributed by atoms with Gasteiger partial charge >= 0.3 is 20.7 Å². The third kappa shape index (κ3) is 15.1. The van der Waals surface area contributed by atoms with E-state index in [1.54, 1.807) is 0 Å². The minimum Gasteiger partial charge on any atom is -0.478 e. The Labute approximate surface area is 167 Å². The molecule has 0 unspecified atom stereocenters. The standard InChI is InChI=1S/C16H36O7Si4/c1-24(2,3)21-27(22-25(4,5)6,23-26(7,8)9)14-10-13-20-16(19)12-11-15(17)18/h11-12H,10,13-14H2,1-9H3,(H,17,18)/b12-11+. The number of carboxylic acid groups (broad SMARTS) is 1. The average molecular weight is 453 g/mol. The average Bonchev–Trinajstić information content (AvgIpc) is 2.35. The number of hydrogen-bond acceptors (Lipinski definition) is 6. The van der Waals surface area contributed by atoms with Crippen molar-refractivity contribution in [3.8, 4) is 0 Å². The lowest BCUT2D eigenvalue weighted by atomic mass is 10.5. The molecule has 158 valence electrons. The first-order valence-electron chi connectivity index (χ1n) is 9.11. The molecule has 0 saturated carbocycles. The van der Waals surface area contributed by atoms with E-state index in [1.165, 1.54) is 0 Å². The molecule has 11 heteroatoms. The van der Waals surface area contributed by atoms with Crippen LogP contribution in [0.4, 0.5) is 0 Å². The lowest BCUT2D eigenvalue weighted by molar-refractivity contribution is -0.138. The van der Waals surface area contributed by atoms with E-state index >= 15 is 0 Å². The van der Waals surface area contributed by atoms with Gasteiger partial charge in [-0.05, 0) is 65.3 Å². The summed E-state index contributed by atoms with van der Waals surface area (Å²) < 4.78 is 24.7. The van der Waals surface area contributed by atoms with Crippen LogP contribution >= 0.6 is 0 Å². The number of hydrogen-bond donors (Lipinski definition) is 1. The number of rotatable bonds is 12. The second kappa shape index (κ2) is 10.3. The van der Waals surface area contributed by atoms with E-state index in [0.717, 1.165) is 12.2 Å². The van der Waals surface area contributed by atoms with Gasteiger partial charge in [0.2, 0.25) is 0 Å². The van der Waals surface area contributed by atoms with Gasteiger partial charge in [-0.3, -0.25) is 0 Å². The zero-order valence-corrected chi connectivity index (χ0v) is 22.2. The fourth-order valence-corrected chi connectivity index (χ4v) is 16.9. The first kappa shape index (κ1) is 26.4. The first-order chi connectivity index (χ1) is 11.9. The maximum atomic E-state index is 11.5. The Hall–Kier alpha value is -0.572. The van der Waals surface area contributed by atoms with Crippen LogP contribution in [0.2, 0.25) is 65.0 Å². The van der Waals surface area contributed by atoms with Crippen LogP contribution in [-0.2, 0) is 26.7 Å². The summed E-state index contributed by atoms with van der Waals surface area (Å²) in [6, 6.07) is 0.571. The van der Waals surface area contributed by atoms with Gasteiger partial charge in [0.1, 0.15) is 0 Å². The monoisotopic (exact) mass is 452 g/mol. The van der Waals surface area contributed by atoms with Crippen LogP contribution in [0, 0.1) is 0 Å². The summed E-state index contributed by atoms with van der Waals surface area (Å²) in [5.74, 6) is -1.86. The summed E-state index contributed by atoms with van der Waals surface area (Å²) >= 11 is 0. The van der Waals surface area contributed by atoms with Crippen molar-refractivity contribution >= 4 is 45.7 Å². The van der Waals surface area contributed by atoms with Gasteiger partial charge in [-0.15, -0.1) is 0 Å². The Bertz CT molecular complexity index is 490. The Morgan fingerprint density at radius 2 is 1.19 bits per heavy atom. The Morgan fingerprint density at radius 3 is 1.52 bits per heavy atom. The van der Waals surface area contributed by atoms with Gasteiger partial charge in [0.05, 0.1) is 6.61 Å². The molecule has 0 aliphatic carbocycles. The molecule has 0 aromatic carbocycles. The van der Waals surface area contributed by atoms with Gasteiger partial charge in [0.15, 0.2) is 25.0 Å². The Kier molecular flexibility index (Phi) is 10.1. The van der Waals surface area contributed by atoms with Gasteiger partial charge in [-0.2, -0.15) is 0 Å². The van der Waals surface area contributed by atoms with Gasteiger partial charge in [-0.25, -0.2) is 9.59 Å². The predicted octanol–water partition coefficient (Wildman–Crippen LogP) is 4.05. The molecule has 0 bridgehead atoms. The second-order valence-electron chi connectivity index (χ2n) is 9.27. The van der Waals surface area contributed by atoms with Crippen LogP contribution in [-0.4, -0.2) is 57.4 Å². The highest BCUT2D eigenvalue weighted by atomic mass is 28.5. The molecule has 0 fully saturated rings. The highest BCUT2D eigenvalue weighted by Crippen LogP contribution is 2.29. The van der Waals surface area contributed by atoms with Crippen molar-refractivity contribution in [1.29, 1.82) is 0 Å². The molecule has 0 heterocycles. The molecule has 1 N–H and O–H groups in total. The predicted molar refractivity (Wildman–Crippen MR) is 116 cm³/mol. The molecule has 0 radical (unpaired) electrons. The van der Waals surface area contributed by atoms with Gasteiger partial charge < -0.3 is 22.2 Å². The molecule has 0 aromatic heterocycles. The lowest BCUT2D eigenvalue weighted by Gasteiger charge is -2.42. The van der Waals surface area contributed by atoms with Crippen molar-refractivity contribution in [1.82, 2.24) is 0 Å². The fraction of sp³-hybridized carbons (Fsp3) is 0.750. The van der Waals surface area contributed by atoms with E-state index in [1.807, 2.05) is 0 Å². The molecule has 0 aliphatic heterocycles. The molecule has 7 nitrogen and oxygen atoms in total. The molecule has 0 saturated heterocycles. The van der Waals surface area contributed by atoms with Crippen molar-refractivity contribution < 1.29 is 31.8 Å². The molecule has 27 heavy (non-hydrogen) atoms. The quantitative estimate of drug-likeness (QED) is 0.207. The van der Waals surface area contributed by atoms with Crippen LogP contribution in [0.3, 0.4) is 0 Å². The number of carbonyl (C=O) groups is 2. The summed E-state index contributed by atoms with van der Waals surface area (Å²) in [5.41, 5.74) is 0. The summed E-state index contributed by atoms with van der Waals surface area (Å²) in [6.45, 7) is 19.2. The third-order valence-corrected chi connectivity index (χ3v) is 14.7. The minimum absolute atomic E-state index is 0.163. The maximum Gasteiger partial charge on any atom is 0.469 e. The summed E-state index contributed by atoms with van der Waals surface area (Å²) in [7, 11) is -8.71. The van der Waals surface area contributed by atoms with E-state index in [0.29, 0.717) is 12.5 Å². The van der Waals surface area contributed by atoms with Crippen molar-refractivity contribution in [2.45, 2.75) is 71.4 Å². The molecule has 0 rings (SSSR count). The maximum absolute atomic E-state index is 11.5. The van der Waals surface area contributed by atoms with Crippen LogP contribution < -0.4 is 0 Å². The topological polar surface area (TPSA) is 91.3 Å². The number of carbonyl (C=O) groups excluding carboxylic acids is 1. The van der Waals surface area contributed by atoms with Gasteiger partial charge in [-0.1, -0.05) is 0 Å². The Morgan fingerprint density at radius 1 is 0.778 bits per heavy atom. The first-order valence-corrected chi connectivity index (χ1v) is 21.3. The number of esters is 1. The third-order valence-electron chi connectivity index (χ3n) is 2.62. The fourth-order valence-electron chi connectivity index (χ4n) is 2.26. The summed E-state index contributed by atoms with van der Waals surface area (Å²) in [4.78, 5) is 22.0. The molecule has 0 amide bonds. The van der Waals surface area contributed by atoms with E-state index < -0.39 is 45.7 Å². The normalized spacial score (nSPS) is 13.8. The van der Waals surface area contributed by atoms with Crippen LogP contribution in [0.1, 0.15) is 6.42 Å². The highest BCUT2D eigenvalue weighted by molar-refractivity contribution is 6.90. The van der Waals surface area contributed by atoms with Crippen LogP contribution in [0.15, 0.2) is 12.2 Å². The van der Waals surface area contributed by atoms with Crippen molar-refractivity contribution in [3.05, 3.63) is 12.2 Å². The molecular weight excluding hydrogens is 417 g/mol. The van der Waals surface area contributed by atoms with Gasteiger partial charge in [0.25, 0.3) is 0 Å². The number of carboxylic acids is 1. The second-order valence-corrected chi connectivity index (χ2v) is 26.3. The minimum atomic E-state index is -2.93. The SMILES string of the molecule is C[Si](C)(C)O[Si](CCCOC(=O)/C=C/C(=O)O)(O[Si](C)(C)C)O[Si](C)(C)C. The smallest absolute Gasteiger partial charge is 0.469 e. The van der Waals surface area contributed by atoms with E-state index in [4.69, 9.17) is 22.2 Å². The summed E-state index contributed by atoms with van der Waals surface area (Å²) in [6.07, 6.45) is 2.21. The largest absolute Gasteiger partial charge is 0.478 e. The van der Waals surface area contributed by atoms with Crippen molar-refractivity contribution in [2.75, 3.05) is 6.61 Å². The van der Waals surface area contributed by atoms with Crippen LogP contribution in [0.5, 0.6) is 0 Å². The lowest BCUT2D eigenvalue weighted by Crippen LogP contribution is -2.60. The summed E-state index contributed by atoms with van der Waals surface area (Å²) in [5, 5.41) is 8.54. The molecule has 0 aromatic rings. The van der Waals surface area contributed by atoms with Gasteiger partial charge in [0, 0.05) is 18.2 Å². The zero-order chi connectivity index (χ0) is 21.5. The molecule has 0 spiro atoms. The van der Waals surface area contributed by atoms with E-state index in [9.17, 15) is 9.59 Å². The van der Waals surface area contributed by atoms with Crippen molar-refractivity contribution in [3.63, 3.8) is 0 Å². The van der Waals surface area contributed by atoms with E-state index in [-0.39, 0.29) is 6.61 Å². The Balaban J connectivity index is 5.21. The molecule has 0 aliphatic rings. The zero-order valence-electron chi connectivity index (χ0n) is 18.2. The highest BCUT2D eigenvalue weighted by Gasteiger charge is 2.49. The van der Waals surface area contributed by atoms with Crippen molar-refractivity contribution in [2.24, 2.45) is 0 Å². The molecule has 0 atom stereocenters.